The molecule has 1 unspecified atom stereocenters. The molecular weight excluding hydrogens is 348 g/mol. The number of hydrogen-bond acceptors (Lipinski definition) is 4. The second-order valence-electron chi connectivity index (χ2n) is 7.04. The van der Waals surface area contributed by atoms with Crippen LogP contribution in [-0.4, -0.2) is 40.6 Å². The van der Waals surface area contributed by atoms with Gasteiger partial charge in [-0.1, -0.05) is 18.2 Å². The number of sulfonamides is 1. The predicted molar refractivity (Wildman–Crippen MR) is 103 cm³/mol. The highest BCUT2D eigenvalue weighted by atomic mass is 32.2. The minimum Gasteiger partial charge on any atom is -0.493 e. The summed E-state index contributed by atoms with van der Waals surface area (Å²) in [6, 6.07) is 11.3. The van der Waals surface area contributed by atoms with Crippen molar-refractivity contribution in [2.45, 2.75) is 31.2 Å². The van der Waals surface area contributed by atoms with Gasteiger partial charge in [0.25, 0.3) is 0 Å². The molecular formula is C20H26N2O3S. The van der Waals surface area contributed by atoms with Crippen LogP contribution in [0.2, 0.25) is 0 Å². The first-order valence-corrected chi connectivity index (χ1v) is 10.3. The Morgan fingerprint density at radius 2 is 1.88 bits per heavy atom. The molecule has 6 heteroatoms. The lowest BCUT2D eigenvalue weighted by Crippen LogP contribution is -2.34. The van der Waals surface area contributed by atoms with Gasteiger partial charge in [0.2, 0.25) is 10.0 Å². The Labute approximate surface area is 156 Å². The molecule has 3 rings (SSSR count). The van der Waals surface area contributed by atoms with E-state index in [0.29, 0.717) is 18.0 Å². The van der Waals surface area contributed by atoms with Crippen LogP contribution in [0, 0.1) is 13.8 Å². The van der Waals surface area contributed by atoms with E-state index < -0.39 is 10.0 Å². The van der Waals surface area contributed by atoms with E-state index in [2.05, 4.69) is 10.8 Å². The van der Waals surface area contributed by atoms with Gasteiger partial charge in [0, 0.05) is 19.0 Å². The van der Waals surface area contributed by atoms with Crippen molar-refractivity contribution in [3.63, 3.8) is 0 Å². The number of benzene rings is 2. The second-order valence-corrected chi connectivity index (χ2v) is 8.81. The molecule has 0 saturated heterocycles. The summed E-state index contributed by atoms with van der Waals surface area (Å²) in [5, 5.41) is 0. The third-order valence-corrected chi connectivity index (χ3v) is 6.40. The maximum atomic E-state index is 12.7. The molecule has 0 bridgehead atoms. The first-order valence-electron chi connectivity index (χ1n) is 8.77. The number of fused-ring (bicyclic) bond motifs is 1. The Bertz CT molecular complexity index is 907. The lowest BCUT2D eigenvalue weighted by Gasteiger charge is -2.25. The summed E-state index contributed by atoms with van der Waals surface area (Å²) in [6.07, 6.45) is 0.900. The summed E-state index contributed by atoms with van der Waals surface area (Å²) in [4.78, 5) is 2.33. The zero-order chi connectivity index (χ0) is 18.9. The van der Waals surface area contributed by atoms with Crippen LogP contribution in [0.25, 0.3) is 0 Å². The molecule has 0 radical (unpaired) electrons. The Kier molecular flexibility index (Phi) is 5.37. The standard InChI is InChI=1S/C20H26N2O3S/c1-14-5-7-18(11-15(14)2)26(23,24)21-13-19(22(3)4)16-6-8-20-17(12-16)9-10-25-20/h5-8,11-12,19,21H,9-10,13H2,1-4H3. The summed E-state index contributed by atoms with van der Waals surface area (Å²) in [5.74, 6) is 0.932. The fraction of sp³-hybridized carbons (Fsp3) is 0.400. The van der Waals surface area contributed by atoms with E-state index in [1.807, 2.05) is 51.0 Å². The fourth-order valence-electron chi connectivity index (χ4n) is 3.17. The van der Waals surface area contributed by atoms with Crippen LogP contribution in [0.3, 0.4) is 0 Å². The van der Waals surface area contributed by atoms with Crippen molar-refractivity contribution in [3.05, 3.63) is 58.7 Å². The normalized spacial score (nSPS) is 15.0. The van der Waals surface area contributed by atoms with Crippen molar-refractivity contribution in [2.75, 3.05) is 27.2 Å². The molecule has 26 heavy (non-hydrogen) atoms. The minimum atomic E-state index is -3.55. The van der Waals surface area contributed by atoms with Gasteiger partial charge in [0.1, 0.15) is 5.75 Å². The van der Waals surface area contributed by atoms with Crippen molar-refractivity contribution in [3.8, 4) is 5.75 Å². The highest BCUT2D eigenvalue weighted by Crippen LogP contribution is 2.29. The molecule has 0 spiro atoms. The summed E-state index contributed by atoms with van der Waals surface area (Å²) in [5.41, 5.74) is 4.32. The summed E-state index contributed by atoms with van der Waals surface area (Å²) < 4.78 is 33.7. The number of likely N-dealkylation sites (N-methyl/N-ethyl adjacent to an activating group) is 1. The van der Waals surface area contributed by atoms with Gasteiger partial charge in [-0.3, -0.25) is 0 Å². The van der Waals surface area contributed by atoms with Gasteiger partial charge < -0.3 is 9.64 Å². The van der Waals surface area contributed by atoms with Crippen LogP contribution in [0.4, 0.5) is 0 Å². The molecule has 1 heterocycles. The molecule has 2 aromatic rings. The van der Waals surface area contributed by atoms with E-state index in [9.17, 15) is 8.42 Å². The van der Waals surface area contributed by atoms with E-state index in [1.165, 1.54) is 5.56 Å². The zero-order valence-corrected chi connectivity index (χ0v) is 16.6. The first-order chi connectivity index (χ1) is 12.3. The Morgan fingerprint density at radius 3 is 2.58 bits per heavy atom. The highest BCUT2D eigenvalue weighted by molar-refractivity contribution is 7.89. The molecule has 5 nitrogen and oxygen atoms in total. The zero-order valence-electron chi connectivity index (χ0n) is 15.7. The van der Waals surface area contributed by atoms with E-state index >= 15 is 0 Å². The van der Waals surface area contributed by atoms with Gasteiger partial charge in [-0.2, -0.15) is 0 Å². The number of nitrogens with zero attached hydrogens (tertiary/aromatic N) is 1. The largest absolute Gasteiger partial charge is 0.493 e. The van der Waals surface area contributed by atoms with E-state index in [4.69, 9.17) is 4.74 Å². The summed E-state index contributed by atoms with van der Waals surface area (Å²) in [7, 11) is 0.365. The minimum absolute atomic E-state index is 0.0535. The van der Waals surface area contributed by atoms with Crippen molar-refractivity contribution in [1.82, 2.24) is 9.62 Å². The predicted octanol–water partition coefficient (Wildman–Crippen LogP) is 2.82. The van der Waals surface area contributed by atoms with Gasteiger partial charge in [-0.05, 0) is 68.4 Å². The van der Waals surface area contributed by atoms with E-state index in [0.717, 1.165) is 28.9 Å². The van der Waals surface area contributed by atoms with Gasteiger partial charge in [0.05, 0.1) is 11.5 Å². The molecule has 140 valence electrons. The molecule has 1 N–H and O–H groups in total. The molecule has 0 saturated carbocycles. The van der Waals surface area contributed by atoms with Crippen LogP contribution in [0.1, 0.15) is 28.3 Å². The van der Waals surface area contributed by atoms with E-state index in [1.54, 1.807) is 12.1 Å². The third kappa shape index (κ3) is 3.92. The topological polar surface area (TPSA) is 58.6 Å². The molecule has 0 amide bonds. The van der Waals surface area contributed by atoms with Gasteiger partial charge in [-0.25, -0.2) is 13.1 Å². The first kappa shape index (κ1) is 18.9. The average Bonchev–Trinajstić information content (AvgIpc) is 3.04. The van der Waals surface area contributed by atoms with Crippen LogP contribution in [0.15, 0.2) is 41.3 Å². The van der Waals surface area contributed by atoms with Gasteiger partial charge in [0.15, 0.2) is 0 Å². The van der Waals surface area contributed by atoms with Crippen molar-refractivity contribution in [1.29, 1.82) is 0 Å². The molecule has 0 fully saturated rings. The second kappa shape index (κ2) is 7.39. The summed E-state index contributed by atoms with van der Waals surface area (Å²) in [6.45, 7) is 4.91. The van der Waals surface area contributed by atoms with Crippen molar-refractivity contribution >= 4 is 10.0 Å². The van der Waals surface area contributed by atoms with Crippen LogP contribution in [-0.2, 0) is 16.4 Å². The van der Waals surface area contributed by atoms with Crippen molar-refractivity contribution < 1.29 is 13.2 Å². The molecule has 1 aliphatic rings. The van der Waals surface area contributed by atoms with E-state index in [-0.39, 0.29) is 6.04 Å². The number of rotatable bonds is 6. The van der Waals surface area contributed by atoms with Gasteiger partial charge in [-0.15, -0.1) is 0 Å². The summed E-state index contributed by atoms with van der Waals surface area (Å²) >= 11 is 0. The fourth-order valence-corrected chi connectivity index (χ4v) is 4.29. The van der Waals surface area contributed by atoms with Crippen LogP contribution >= 0.6 is 0 Å². The molecule has 1 aliphatic heterocycles. The maximum absolute atomic E-state index is 12.7. The Hall–Kier alpha value is -1.89. The van der Waals surface area contributed by atoms with Crippen LogP contribution in [0.5, 0.6) is 5.75 Å². The lowest BCUT2D eigenvalue weighted by atomic mass is 10.0. The van der Waals surface area contributed by atoms with Crippen LogP contribution < -0.4 is 9.46 Å². The molecule has 2 aromatic carbocycles. The molecule has 1 atom stereocenters. The average molecular weight is 375 g/mol. The smallest absolute Gasteiger partial charge is 0.240 e. The number of nitrogens with one attached hydrogen (secondary N) is 1. The number of hydrogen-bond donors (Lipinski definition) is 1. The Balaban J connectivity index is 1.79. The third-order valence-electron chi connectivity index (χ3n) is 4.98. The quantitative estimate of drug-likeness (QED) is 0.845. The number of aryl methyl sites for hydroxylation is 2. The monoisotopic (exact) mass is 374 g/mol. The maximum Gasteiger partial charge on any atom is 0.240 e. The van der Waals surface area contributed by atoms with Gasteiger partial charge >= 0.3 is 0 Å². The Morgan fingerprint density at radius 1 is 1.12 bits per heavy atom. The molecule has 0 aromatic heterocycles. The molecule has 0 aliphatic carbocycles. The highest BCUT2D eigenvalue weighted by Gasteiger charge is 2.22. The lowest BCUT2D eigenvalue weighted by molar-refractivity contribution is 0.299. The number of ether oxygens (including phenoxy) is 1. The SMILES string of the molecule is Cc1ccc(S(=O)(=O)NCC(c2ccc3c(c2)CCO3)N(C)C)cc1C. The van der Waals surface area contributed by atoms with Crippen molar-refractivity contribution in [2.24, 2.45) is 0 Å².